The topological polar surface area (TPSA) is 122 Å². The standard InChI is InChI=1S/C20H19N7O2/c1-2-18-21-17(11-19(28)29)24-27(18)12-13-7-9-14(10-8-13)15-5-3-4-6-16(15)20-22-25-26-23-20/h3-10H,2,11-12H2,1H3,(H,28,29)(H,22,23,25,26). The van der Waals surface area contributed by atoms with E-state index in [9.17, 15) is 4.79 Å². The van der Waals surface area contributed by atoms with Crippen LogP contribution in [0.5, 0.6) is 0 Å². The Bertz CT molecular complexity index is 1120. The minimum absolute atomic E-state index is 0.174. The number of aromatic amines is 1. The molecule has 2 aromatic carbocycles. The fourth-order valence-corrected chi connectivity index (χ4v) is 3.20. The summed E-state index contributed by atoms with van der Waals surface area (Å²) in [5, 5.41) is 27.4. The monoisotopic (exact) mass is 389 g/mol. The molecule has 0 aliphatic rings. The molecule has 29 heavy (non-hydrogen) atoms. The van der Waals surface area contributed by atoms with E-state index in [-0.39, 0.29) is 6.42 Å². The molecule has 0 aliphatic heterocycles. The first-order valence-corrected chi connectivity index (χ1v) is 9.21. The van der Waals surface area contributed by atoms with Crippen LogP contribution in [0.25, 0.3) is 22.5 Å². The molecule has 0 unspecified atom stereocenters. The Hall–Kier alpha value is -3.88. The molecule has 0 spiro atoms. The maximum absolute atomic E-state index is 10.9. The molecule has 0 saturated carbocycles. The number of carboxylic acid groups (broad SMARTS) is 1. The summed E-state index contributed by atoms with van der Waals surface area (Å²) in [5.41, 5.74) is 4.04. The molecule has 0 amide bonds. The average molecular weight is 389 g/mol. The highest BCUT2D eigenvalue weighted by molar-refractivity contribution is 5.80. The van der Waals surface area contributed by atoms with Gasteiger partial charge in [-0.05, 0) is 27.1 Å². The van der Waals surface area contributed by atoms with E-state index in [1.54, 1.807) is 4.68 Å². The molecule has 0 atom stereocenters. The predicted molar refractivity (Wildman–Crippen MR) is 105 cm³/mol. The van der Waals surface area contributed by atoms with Crippen LogP contribution in [-0.2, 0) is 24.2 Å². The van der Waals surface area contributed by atoms with Crippen LogP contribution < -0.4 is 0 Å². The number of carboxylic acids is 1. The molecule has 2 heterocycles. The van der Waals surface area contributed by atoms with Crippen molar-refractivity contribution in [1.82, 2.24) is 35.4 Å². The summed E-state index contributed by atoms with van der Waals surface area (Å²) in [6.45, 7) is 2.51. The number of carbonyl (C=O) groups is 1. The molecule has 0 radical (unpaired) electrons. The molecule has 0 bridgehead atoms. The van der Waals surface area contributed by atoms with Crippen LogP contribution in [0.3, 0.4) is 0 Å². The van der Waals surface area contributed by atoms with Crippen molar-refractivity contribution in [2.75, 3.05) is 0 Å². The number of rotatable bonds is 7. The second-order valence-corrected chi connectivity index (χ2v) is 6.52. The molecule has 146 valence electrons. The lowest BCUT2D eigenvalue weighted by molar-refractivity contribution is -0.136. The van der Waals surface area contributed by atoms with Crippen molar-refractivity contribution >= 4 is 5.97 Å². The number of benzene rings is 2. The minimum atomic E-state index is -0.935. The highest BCUT2D eigenvalue weighted by atomic mass is 16.4. The lowest BCUT2D eigenvalue weighted by atomic mass is 9.98. The quantitative estimate of drug-likeness (QED) is 0.497. The van der Waals surface area contributed by atoms with Crippen LogP contribution in [-0.4, -0.2) is 46.5 Å². The zero-order valence-corrected chi connectivity index (χ0v) is 15.8. The Morgan fingerprint density at radius 1 is 1.10 bits per heavy atom. The zero-order valence-electron chi connectivity index (χ0n) is 15.8. The van der Waals surface area contributed by atoms with Crippen LogP contribution in [0.1, 0.15) is 24.1 Å². The van der Waals surface area contributed by atoms with E-state index in [0.717, 1.165) is 28.1 Å². The lowest BCUT2D eigenvalue weighted by Gasteiger charge is -2.09. The fraction of sp³-hybridized carbons (Fsp3) is 0.200. The molecule has 9 heteroatoms. The number of hydrogen-bond donors (Lipinski definition) is 2. The summed E-state index contributed by atoms with van der Waals surface area (Å²) < 4.78 is 1.77. The van der Waals surface area contributed by atoms with Gasteiger partial charge in [0.15, 0.2) is 11.6 Å². The summed E-state index contributed by atoms with van der Waals surface area (Å²) in [4.78, 5) is 15.2. The first-order valence-electron chi connectivity index (χ1n) is 9.21. The largest absolute Gasteiger partial charge is 0.481 e. The van der Waals surface area contributed by atoms with Crippen molar-refractivity contribution in [3.05, 3.63) is 65.7 Å². The van der Waals surface area contributed by atoms with Gasteiger partial charge >= 0.3 is 5.97 Å². The van der Waals surface area contributed by atoms with Gasteiger partial charge in [0.05, 0.1) is 6.54 Å². The smallest absolute Gasteiger partial charge is 0.311 e. The number of nitrogens with zero attached hydrogens (tertiary/aromatic N) is 6. The molecule has 2 aromatic heterocycles. The number of aromatic nitrogens is 7. The molecule has 4 rings (SSSR count). The van der Waals surface area contributed by atoms with Crippen molar-refractivity contribution in [2.45, 2.75) is 26.3 Å². The van der Waals surface area contributed by atoms with Gasteiger partial charge in [-0.2, -0.15) is 5.10 Å². The molecule has 0 saturated heterocycles. The van der Waals surface area contributed by atoms with Crippen LogP contribution >= 0.6 is 0 Å². The minimum Gasteiger partial charge on any atom is -0.481 e. The van der Waals surface area contributed by atoms with Crippen molar-refractivity contribution < 1.29 is 9.90 Å². The Morgan fingerprint density at radius 3 is 2.52 bits per heavy atom. The molecule has 9 nitrogen and oxygen atoms in total. The molecular weight excluding hydrogens is 370 g/mol. The van der Waals surface area contributed by atoms with E-state index >= 15 is 0 Å². The number of tetrazole rings is 1. The van der Waals surface area contributed by atoms with Crippen molar-refractivity contribution in [2.24, 2.45) is 0 Å². The summed E-state index contributed by atoms with van der Waals surface area (Å²) in [5.74, 6) is 0.787. The SMILES string of the molecule is CCc1nc(CC(=O)O)nn1Cc1ccc(-c2ccccc2-c2nnn[nH]2)cc1. The Kier molecular flexibility index (Phi) is 5.10. The maximum atomic E-state index is 10.9. The third-order valence-corrected chi connectivity index (χ3v) is 4.54. The van der Waals surface area contributed by atoms with E-state index in [4.69, 9.17) is 5.11 Å². The highest BCUT2D eigenvalue weighted by Gasteiger charge is 2.13. The number of aryl methyl sites for hydroxylation is 1. The molecule has 0 aliphatic carbocycles. The lowest BCUT2D eigenvalue weighted by Crippen LogP contribution is -2.07. The highest BCUT2D eigenvalue weighted by Crippen LogP contribution is 2.29. The van der Waals surface area contributed by atoms with E-state index in [2.05, 4.69) is 30.7 Å². The fourth-order valence-electron chi connectivity index (χ4n) is 3.20. The summed E-state index contributed by atoms with van der Waals surface area (Å²) in [6, 6.07) is 16.1. The van der Waals surface area contributed by atoms with Crippen molar-refractivity contribution in [3.8, 4) is 22.5 Å². The normalized spacial score (nSPS) is 10.9. The summed E-state index contributed by atoms with van der Waals surface area (Å²) in [6.07, 6.45) is 0.509. The Morgan fingerprint density at radius 2 is 1.86 bits per heavy atom. The Balaban J connectivity index is 1.59. The van der Waals surface area contributed by atoms with E-state index in [1.807, 2.05) is 55.5 Å². The van der Waals surface area contributed by atoms with Crippen LogP contribution in [0.15, 0.2) is 48.5 Å². The molecular formula is C20H19N7O2. The second kappa shape index (κ2) is 8.01. The number of H-pyrrole nitrogens is 1. The van der Waals surface area contributed by atoms with E-state index < -0.39 is 5.97 Å². The number of aliphatic carboxylic acids is 1. The van der Waals surface area contributed by atoms with Gasteiger partial charge in [-0.3, -0.25) is 4.79 Å². The third kappa shape index (κ3) is 4.03. The third-order valence-electron chi connectivity index (χ3n) is 4.54. The predicted octanol–water partition coefficient (Wildman–Crippen LogP) is 2.36. The van der Waals surface area contributed by atoms with Gasteiger partial charge in [0.2, 0.25) is 0 Å². The second-order valence-electron chi connectivity index (χ2n) is 6.52. The molecule has 4 aromatic rings. The van der Waals surface area contributed by atoms with Crippen molar-refractivity contribution in [3.63, 3.8) is 0 Å². The van der Waals surface area contributed by atoms with E-state index in [1.165, 1.54) is 0 Å². The first-order chi connectivity index (χ1) is 14.1. The van der Waals surface area contributed by atoms with Gasteiger partial charge in [0.25, 0.3) is 0 Å². The number of hydrogen-bond acceptors (Lipinski definition) is 6. The van der Waals surface area contributed by atoms with Crippen LogP contribution in [0.2, 0.25) is 0 Å². The van der Waals surface area contributed by atoms with Crippen molar-refractivity contribution in [1.29, 1.82) is 0 Å². The van der Waals surface area contributed by atoms with Crippen LogP contribution in [0.4, 0.5) is 0 Å². The first kappa shape index (κ1) is 18.5. The molecule has 0 fully saturated rings. The average Bonchev–Trinajstić information content (AvgIpc) is 3.38. The van der Waals surface area contributed by atoms with Gasteiger partial charge in [0, 0.05) is 12.0 Å². The summed E-state index contributed by atoms with van der Waals surface area (Å²) >= 11 is 0. The summed E-state index contributed by atoms with van der Waals surface area (Å²) in [7, 11) is 0. The van der Waals surface area contributed by atoms with Gasteiger partial charge in [-0.1, -0.05) is 55.5 Å². The van der Waals surface area contributed by atoms with Gasteiger partial charge in [-0.15, -0.1) is 5.10 Å². The molecule has 2 N–H and O–H groups in total. The Labute approximate surface area is 166 Å². The van der Waals surface area contributed by atoms with E-state index in [0.29, 0.717) is 24.6 Å². The maximum Gasteiger partial charge on any atom is 0.311 e. The van der Waals surface area contributed by atoms with Crippen LogP contribution in [0, 0.1) is 0 Å². The zero-order chi connectivity index (χ0) is 20.2. The van der Waals surface area contributed by atoms with Gasteiger partial charge in [-0.25, -0.2) is 14.8 Å². The number of nitrogens with one attached hydrogen (secondary N) is 1. The van der Waals surface area contributed by atoms with Gasteiger partial charge < -0.3 is 5.11 Å². The van der Waals surface area contributed by atoms with Gasteiger partial charge in [0.1, 0.15) is 12.2 Å².